The molecule has 5 nitrogen and oxygen atoms in total. The van der Waals surface area contributed by atoms with Crippen molar-refractivity contribution in [3.8, 4) is 11.1 Å². The topological polar surface area (TPSA) is 70.5 Å². The number of aromatic nitrogens is 1. The summed E-state index contributed by atoms with van der Waals surface area (Å²) >= 11 is 0. The Morgan fingerprint density at radius 1 is 1.23 bits per heavy atom. The van der Waals surface area contributed by atoms with E-state index in [1.54, 1.807) is 24.3 Å². The van der Waals surface area contributed by atoms with Gasteiger partial charge in [0.05, 0.1) is 6.42 Å². The van der Waals surface area contributed by atoms with Crippen molar-refractivity contribution in [1.29, 1.82) is 0 Å². The van der Waals surface area contributed by atoms with Gasteiger partial charge in [0.25, 0.3) is 0 Å². The predicted molar refractivity (Wildman–Crippen MR) is 82.7 cm³/mol. The fraction of sp³-hybridized carbons (Fsp3) is 0.235. The van der Waals surface area contributed by atoms with Crippen LogP contribution in [0, 0.1) is 0 Å². The third-order valence-corrected chi connectivity index (χ3v) is 3.91. The summed E-state index contributed by atoms with van der Waals surface area (Å²) in [6, 6.07) is 7.78. The molecule has 112 valence electrons. The highest BCUT2D eigenvalue weighted by Gasteiger charge is 2.21. The van der Waals surface area contributed by atoms with Crippen molar-refractivity contribution in [2.75, 3.05) is 11.9 Å². The maximum absolute atomic E-state index is 11.7. The quantitative estimate of drug-likeness (QED) is 0.943. The molecule has 2 heterocycles. The summed E-state index contributed by atoms with van der Waals surface area (Å²) in [6.07, 6.45) is 4.51. The summed E-state index contributed by atoms with van der Waals surface area (Å²) < 4.78 is 0. The van der Waals surface area contributed by atoms with Gasteiger partial charge >= 0.3 is 5.97 Å². The van der Waals surface area contributed by atoms with Crippen molar-refractivity contribution in [3.05, 3.63) is 47.8 Å². The van der Waals surface area contributed by atoms with E-state index in [1.165, 1.54) is 0 Å². The van der Waals surface area contributed by atoms with Gasteiger partial charge in [-0.15, -0.1) is 0 Å². The molecule has 1 aromatic heterocycles. The molecule has 1 aliphatic heterocycles. The summed E-state index contributed by atoms with van der Waals surface area (Å²) in [5.41, 5.74) is 4.62. The summed E-state index contributed by atoms with van der Waals surface area (Å²) in [4.78, 5) is 28.3. The van der Waals surface area contributed by atoms with E-state index in [0.29, 0.717) is 12.0 Å². The number of carbonyl (C=O) groups is 2. The molecule has 0 bridgehead atoms. The molecule has 0 atom stereocenters. The lowest BCUT2D eigenvalue weighted by molar-refractivity contribution is -0.136. The summed E-state index contributed by atoms with van der Waals surface area (Å²) in [7, 11) is 1.79. The van der Waals surface area contributed by atoms with Crippen LogP contribution in [0.2, 0.25) is 0 Å². The van der Waals surface area contributed by atoms with E-state index in [2.05, 4.69) is 11.1 Å². The fourth-order valence-corrected chi connectivity index (χ4v) is 2.75. The Bertz CT molecular complexity index is 755. The molecule has 1 amide bonds. The molecule has 0 fully saturated rings. The van der Waals surface area contributed by atoms with Crippen LogP contribution in [0.1, 0.15) is 17.5 Å². The average molecular weight is 296 g/mol. The van der Waals surface area contributed by atoms with E-state index < -0.39 is 5.97 Å². The van der Waals surface area contributed by atoms with Crippen LogP contribution in [-0.2, 0) is 22.4 Å². The molecule has 0 saturated heterocycles. The normalized spacial score (nSPS) is 13.9. The number of pyridine rings is 1. The van der Waals surface area contributed by atoms with E-state index in [4.69, 9.17) is 5.11 Å². The number of hydrogen-bond acceptors (Lipinski definition) is 3. The van der Waals surface area contributed by atoms with Crippen molar-refractivity contribution >= 4 is 17.6 Å². The number of nitrogens with zero attached hydrogens (tertiary/aromatic N) is 2. The molecule has 22 heavy (non-hydrogen) atoms. The van der Waals surface area contributed by atoms with Crippen molar-refractivity contribution in [2.45, 2.75) is 19.3 Å². The highest BCUT2D eigenvalue weighted by atomic mass is 16.4. The Morgan fingerprint density at radius 3 is 2.82 bits per heavy atom. The Balaban J connectivity index is 1.96. The molecule has 0 unspecified atom stereocenters. The zero-order chi connectivity index (χ0) is 15.7. The van der Waals surface area contributed by atoms with Gasteiger partial charge in [0.2, 0.25) is 5.91 Å². The van der Waals surface area contributed by atoms with Crippen LogP contribution >= 0.6 is 0 Å². The molecule has 0 radical (unpaired) electrons. The number of aryl methyl sites for hydroxylation is 1. The third kappa shape index (κ3) is 2.70. The van der Waals surface area contributed by atoms with Crippen molar-refractivity contribution in [2.24, 2.45) is 0 Å². The van der Waals surface area contributed by atoms with Crippen LogP contribution in [0.4, 0.5) is 5.69 Å². The first-order chi connectivity index (χ1) is 10.5. The van der Waals surface area contributed by atoms with Gasteiger partial charge in [-0.05, 0) is 41.3 Å². The molecule has 1 aliphatic rings. The molecule has 0 spiro atoms. The number of carbonyl (C=O) groups excluding carboxylic acids is 1. The molecule has 1 N–H and O–H groups in total. The van der Waals surface area contributed by atoms with Crippen LogP contribution in [0.3, 0.4) is 0 Å². The molecular formula is C17H16N2O3. The van der Waals surface area contributed by atoms with Gasteiger partial charge in [0, 0.05) is 37.1 Å². The van der Waals surface area contributed by atoms with Gasteiger partial charge in [0.15, 0.2) is 0 Å². The number of aliphatic carboxylic acids is 1. The zero-order valence-corrected chi connectivity index (χ0v) is 12.2. The van der Waals surface area contributed by atoms with E-state index in [9.17, 15) is 9.59 Å². The number of benzene rings is 1. The number of amides is 1. The molecule has 0 saturated carbocycles. The van der Waals surface area contributed by atoms with E-state index in [1.807, 2.05) is 18.2 Å². The lowest BCUT2D eigenvalue weighted by Gasteiger charge is -2.26. The Hall–Kier alpha value is -2.69. The summed E-state index contributed by atoms with van der Waals surface area (Å²) in [6.45, 7) is 0. The SMILES string of the molecule is CN1C(=O)CCc2cc(-c3cncc(CC(=O)O)c3)ccc21. The van der Waals surface area contributed by atoms with E-state index in [0.717, 1.165) is 28.8 Å². The molecule has 3 rings (SSSR count). The van der Waals surface area contributed by atoms with Crippen LogP contribution in [0.15, 0.2) is 36.7 Å². The lowest BCUT2D eigenvalue weighted by Crippen LogP contribution is -2.30. The molecule has 1 aromatic carbocycles. The van der Waals surface area contributed by atoms with Crippen molar-refractivity contribution < 1.29 is 14.7 Å². The number of carboxylic acid groups (broad SMARTS) is 1. The number of rotatable bonds is 3. The Kier molecular flexibility index (Phi) is 3.63. The summed E-state index contributed by atoms with van der Waals surface area (Å²) in [5, 5.41) is 8.88. The summed E-state index contributed by atoms with van der Waals surface area (Å²) in [5.74, 6) is -0.741. The smallest absolute Gasteiger partial charge is 0.307 e. The first-order valence-corrected chi connectivity index (χ1v) is 7.10. The predicted octanol–water partition coefficient (Wildman–Crippen LogP) is 2.28. The Labute approximate surface area is 128 Å². The van der Waals surface area contributed by atoms with Crippen LogP contribution < -0.4 is 4.90 Å². The average Bonchev–Trinajstić information content (AvgIpc) is 2.50. The lowest BCUT2D eigenvalue weighted by atomic mass is 9.96. The third-order valence-electron chi connectivity index (χ3n) is 3.91. The Morgan fingerprint density at radius 2 is 2.05 bits per heavy atom. The first-order valence-electron chi connectivity index (χ1n) is 7.10. The largest absolute Gasteiger partial charge is 0.481 e. The number of fused-ring (bicyclic) bond motifs is 1. The maximum Gasteiger partial charge on any atom is 0.307 e. The number of hydrogen-bond donors (Lipinski definition) is 1. The van der Waals surface area contributed by atoms with Crippen molar-refractivity contribution in [1.82, 2.24) is 4.98 Å². The fourth-order valence-electron chi connectivity index (χ4n) is 2.75. The van der Waals surface area contributed by atoms with Gasteiger partial charge in [-0.25, -0.2) is 0 Å². The monoisotopic (exact) mass is 296 g/mol. The molecular weight excluding hydrogens is 280 g/mol. The minimum atomic E-state index is -0.871. The van der Waals surface area contributed by atoms with Crippen LogP contribution in [-0.4, -0.2) is 29.0 Å². The van der Waals surface area contributed by atoms with Crippen molar-refractivity contribution in [3.63, 3.8) is 0 Å². The highest BCUT2D eigenvalue weighted by molar-refractivity contribution is 5.96. The van der Waals surface area contributed by atoms with Crippen LogP contribution in [0.5, 0.6) is 0 Å². The molecule has 2 aromatic rings. The zero-order valence-electron chi connectivity index (χ0n) is 12.2. The van der Waals surface area contributed by atoms with E-state index in [-0.39, 0.29) is 12.3 Å². The molecule has 5 heteroatoms. The van der Waals surface area contributed by atoms with E-state index >= 15 is 0 Å². The van der Waals surface area contributed by atoms with Gasteiger partial charge in [-0.1, -0.05) is 6.07 Å². The second-order valence-corrected chi connectivity index (χ2v) is 5.45. The standard InChI is InChI=1S/C17H16N2O3/c1-19-15-4-2-12(8-13(15)3-5-16(19)20)14-6-11(7-17(21)22)9-18-10-14/h2,4,6,8-10H,3,5,7H2,1H3,(H,21,22). The molecule has 0 aliphatic carbocycles. The second-order valence-electron chi connectivity index (χ2n) is 5.45. The van der Waals surface area contributed by atoms with Crippen LogP contribution in [0.25, 0.3) is 11.1 Å². The van der Waals surface area contributed by atoms with Gasteiger partial charge in [0.1, 0.15) is 0 Å². The number of carboxylic acids is 1. The maximum atomic E-state index is 11.7. The number of anilines is 1. The first kappa shape index (κ1) is 14.3. The minimum Gasteiger partial charge on any atom is -0.481 e. The van der Waals surface area contributed by atoms with Gasteiger partial charge < -0.3 is 10.0 Å². The van der Waals surface area contributed by atoms with Gasteiger partial charge in [-0.3, -0.25) is 14.6 Å². The second kappa shape index (κ2) is 5.60. The highest BCUT2D eigenvalue weighted by Crippen LogP contribution is 2.31. The minimum absolute atomic E-state index is 0.0387. The van der Waals surface area contributed by atoms with Gasteiger partial charge in [-0.2, -0.15) is 0 Å².